The number of likely N-dealkylation sites (N-methyl/N-ethyl adjacent to an activating group) is 1. The van der Waals surface area contributed by atoms with Gasteiger partial charge in [0.05, 0.1) is 21.1 Å². The first-order chi connectivity index (χ1) is 13.9. The standard InChI is InChI=1S/C25H50N2O3/c1-20(2)13-11-9-8-10-12-16-26-25(30)15-14-22(18-24(29)21(3)4)17-23(28)19-27(5,6)7/h20-23,28H,8-19H2,1-7H3/p+1. The van der Waals surface area contributed by atoms with Crippen molar-refractivity contribution in [1.82, 2.24) is 5.32 Å². The number of Topliss-reactive ketones (excluding diaryl/α,β-unsaturated/α-hetero) is 1. The van der Waals surface area contributed by atoms with E-state index < -0.39 is 6.10 Å². The highest BCUT2D eigenvalue weighted by Gasteiger charge is 2.23. The second kappa shape index (κ2) is 15.8. The Balaban J connectivity index is 4.21. The minimum Gasteiger partial charge on any atom is -0.387 e. The number of quaternary nitrogens is 1. The highest BCUT2D eigenvalue weighted by Crippen LogP contribution is 2.21. The van der Waals surface area contributed by atoms with E-state index >= 15 is 0 Å². The molecule has 0 radical (unpaired) electrons. The van der Waals surface area contributed by atoms with Crippen molar-refractivity contribution in [2.75, 3.05) is 34.2 Å². The number of ketones is 1. The normalized spacial score (nSPS) is 14.2. The van der Waals surface area contributed by atoms with Crippen LogP contribution in [0.1, 0.15) is 91.9 Å². The van der Waals surface area contributed by atoms with Gasteiger partial charge in [-0.3, -0.25) is 9.59 Å². The number of rotatable bonds is 18. The third-order valence-electron chi connectivity index (χ3n) is 5.56. The minimum absolute atomic E-state index is 0.00240. The van der Waals surface area contributed by atoms with Crippen LogP contribution >= 0.6 is 0 Å². The number of nitrogens with zero attached hydrogens (tertiary/aromatic N) is 1. The summed E-state index contributed by atoms with van der Waals surface area (Å²) in [7, 11) is 6.15. The second-order valence-electron chi connectivity index (χ2n) is 10.9. The van der Waals surface area contributed by atoms with Crippen molar-refractivity contribution in [2.45, 2.75) is 98.0 Å². The molecule has 0 bridgehead atoms. The predicted molar refractivity (Wildman–Crippen MR) is 126 cm³/mol. The molecular weight excluding hydrogens is 376 g/mol. The van der Waals surface area contributed by atoms with Crippen LogP contribution in [0.5, 0.6) is 0 Å². The number of carbonyl (C=O) groups is 2. The largest absolute Gasteiger partial charge is 0.387 e. The van der Waals surface area contributed by atoms with Crippen molar-refractivity contribution in [2.24, 2.45) is 17.8 Å². The number of amides is 1. The molecule has 5 nitrogen and oxygen atoms in total. The van der Waals surface area contributed by atoms with Gasteiger partial charge >= 0.3 is 0 Å². The molecule has 0 rings (SSSR count). The fourth-order valence-corrected chi connectivity index (χ4v) is 3.77. The number of hydrogen-bond donors (Lipinski definition) is 2. The lowest BCUT2D eigenvalue weighted by Crippen LogP contribution is -2.42. The van der Waals surface area contributed by atoms with E-state index in [1.54, 1.807) is 0 Å². The molecule has 0 aromatic carbocycles. The summed E-state index contributed by atoms with van der Waals surface area (Å²) in [5, 5.41) is 13.5. The van der Waals surface area contributed by atoms with Crippen LogP contribution in [0, 0.1) is 17.8 Å². The Morgan fingerprint density at radius 3 is 2.07 bits per heavy atom. The van der Waals surface area contributed by atoms with E-state index in [0.29, 0.717) is 36.7 Å². The number of hydrogen-bond acceptors (Lipinski definition) is 3. The van der Waals surface area contributed by atoms with Crippen LogP contribution in [0.2, 0.25) is 0 Å². The van der Waals surface area contributed by atoms with Crippen LogP contribution in [0.25, 0.3) is 0 Å². The topological polar surface area (TPSA) is 66.4 Å². The first kappa shape index (κ1) is 29.1. The zero-order valence-corrected chi connectivity index (χ0v) is 21.0. The summed E-state index contributed by atoms with van der Waals surface area (Å²) in [6, 6.07) is 0. The van der Waals surface area contributed by atoms with E-state index in [2.05, 4.69) is 40.3 Å². The molecule has 0 aromatic heterocycles. The second-order valence-corrected chi connectivity index (χ2v) is 10.9. The van der Waals surface area contributed by atoms with Gasteiger partial charge in [-0.2, -0.15) is 0 Å². The molecule has 0 heterocycles. The molecule has 2 N–H and O–H groups in total. The van der Waals surface area contributed by atoms with E-state index in [1.165, 1.54) is 32.1 Å². The van der Waals surface area contributed by atoms with E-state index in [1.807, 2.05) is 13.8 Å². The third-order valence-corrected chi connectivity index (χ3v) is 5.56. The average Bonchev–Trinajstić information content (AvgIpc) is 2.59. The van der Waals surface area contributed by atoms with E-state index in [9.17, 15) is 14.7 Å². The molecule has 0 saturated carbocycles. The van der Waals surface area contributed by atoms with Crippen LogP contribution in [-0.2, 0) is 9.59 Å². The number of nitrogens with one attached hydrogen (secondary N) is 1. The molecule has 0 aliphatic heterocycles. The summed E-state index contributed by atoms with van der Waals surface area (Å²) in [6.45, 7) is 9.75. The van der Waals surface area contributed by atoms with Gasteiger partial charge in [-0.05, 0) is 31.1 Å². The van der Waals surface area contributed by atoms with E-state index in [4.69, 9.17) is 0 Å². The average molecular weight is 428 g/mol. The molecule has 0 fully saturated rings. The number of unbranched alkanes of at least 4 members (excludes halogenated alkanes) is 4. The summed E-state index contributed by atoms with van der Waals surface area (Å²) in [5.74, 6) is 1.14. The van der Waals surface area contributed by atoms with Crippen LogP contribution in [0.15, 0.2) is 0 Å². The van der Waals surface area contributed by atoms with Crippen LogP contribution in [-0.4, -0.2) is 61.6 Å². The molecule has 0 spiro atoms. The van der Waals surface area contributed by atoms with Gasteiger partial charge in [0.1, 0.15) is 18.4 Å². The van der Waals surface area contributed by atoms with Gasteiger partial charge in [-0.25, -0.2) is 0 Å². The molecule has 0 aromatic rings. The van der Waals surface area contributed by atoms with Gasteiger partial charge in [-0.1, -0.05) is 59.8 Å². The van der Waals surface area contributed by atoms with Crippen molar-refractivity contribution in [3.05, 3.63) is 0 Å². The number of aliphatic hydroxyl groups excluding tert-OH is 1. The summed E-state index contributed by atoms with van der Waals surface area (Å²) in [6.07, 6.45) is 9.02. The van der Waals surface area contributed by atoms with Gasteiger partial charge in [0, 0.05) is 25.3 Å². The van der Waals surface area contributed by atoms with E-state index in [-0.39, 0.29) is 23.5 Å². The summed E-state index contributed by atoms with van der Waals surface area (Å²) < 4.78 is 0.684. The Labute approximate surface area is 186 Å². The van der Waals surface area contributed by atoms with Crippen LogP contribution < -0.4 is 5.32 Å². The van der Waals surface area contributed by atoms with Crippen molar-refractivity contribution in [3.63, 3.8) is 0 Å². The van der Waals surface area contributed by atoms with Crippen molar-refractivity contribution in [3.8, 4) is 0 Å². The van der Waals surface area contributed by atoms with Gasteiger partial charge < -0.3 is 14.9 Å². The van der Waals surface area contributed by atoms with Crippen LogP contribution in [0.4, 0.5) is 0 Å². The molecular formula is C25H51N2O3+. The molecule has 178 valence electrons. The highest BCUT2D eigenvalue weighted by atomic mass is 16.3. The lowest BCUT2D eigenvalue weighted by Gasteiger charge is -2.28. The maximum Gasteiger partial charge on any atom is 0.220 e. The Morgan fingerprint density at radius 2 is 1.50 bits per heavy atom. The number of aliphatic hydroxyl groups is 1. The lowest BCUT2D eigenvalue weighted by atomic mass is 9.88. The summed E-state index contributed by atoms with van der Waals surface area (Å²) >= 11 is 0. The Kier molecular flexibility index (Phi) is 15.3. The Bertz CT molecular complexity index is 470. The minimum atomic E-state index is -0.450. The molecule has 2 atom stereocenters. The molecule has 5 heteroatoms. The molecule has 0 aliphatic rings. The Hall–Kier alpha value is -0.940. The maximum absolute atomic E-state index is 12.2. The summed E-state index contributed by atoms with van der Waals surface area (Å²) in [5.41, 5.74) is 0. The maximum atomic E-state index is 12.2. The first-order valence-corrected chi connectivity index (χ1v) is 12.2. The predicted octanol–water partition coefficient (Wildman–Crippen LogP) is 4.57. The molecule has 2 unspecified atom stereocenters. The molecule has 1 amide bonds. The quantitative estimate of drug-likeness (QED) is 0.249. The highest BCUT2D eigenvalue weighted by molar-refractivity contribution is 5.80. The van der Waals surface area contributed by atoms with Gasteiger partial charge in [0.25, 0.3) is 0 Å². The van der Waals surface area contributed by atoms with Gasteiger partial charge in [-0.15, -0.1) is 0 Å². The SMILES string of the molecule is CC(C)CCCCCCCNC(=O)CCC(CC(=O)C(C)C)CC(O)C[N+](C)(C)C. The Morgan fingerprint density at radius 1 is 0.900 bits per heavy atom. The third kappa shape index (κ3) is 17.9. The smallest absolute Gasteiger partial charge is 0.220 e. The van der Waals surface area contributed by atoms with Gasteiger partial charge in [0.2, 0.25) is 5.91 Å². The zero-order chi connectivity index (χ0) is 23.2. The van der Waals surface area contributed by atoms with Crippen LogP contribution in [0.3, 0.4) is 0 Å². The fourth-order valence-electron chi connectivity index (χ4n) is 3.77. The molecule has 0 aliphatic carbocycles. The monoisotopic (exact) mass is 427 g/mol. The lowest BCUT2D eigenvalue weighted by molar-refractivity contribution is -0.873. The zero-order valence-electron chi connectivity index (χ0n) is 21.0. The van der Waals surface area contributed by atoms with Crippen molar-refractivity contribution < 1.29 is 19.2 Å². The molecule has 30 heavy (non-hydrogen) atoms. The van der Waals surface area contributed by atoms with Crippen molar-refractivity contribution in [1.29, 1.82) is 0 Å². The molecule has 0 saturated heterocycles. The van der Waals surface area contributed by atoms with E-state index in [0.717, 1.165) is 18.9 Å². The van der Waals surface area contributed by atoms with Gasteiger partial charge in [0.15, 0.2) is 0 Å². The van der Waals surface area contributed by atoms with Crippen molar-refractivity contribution >= 4 is 11.7 Å². The summed E-state index contributed by atoms with van der Waals surface area (Å²) in [4.78, 5) is 24.5. The fraction of sp³-hybridized carbons (Fsp3) is 0.920. The first-order valence-electron chi connectivity index (χ1n) is 12.2. The number of carbonyl (C=O) groups excluding carboxylic acids is 2.